The molecule has 0 saturated carbocycles. The fourth-order valence-electron chi connectivity index (χ4n) is 2.92. The maximum Gasteiger partial charge on any atom is 0.410 e. The number of halogens is 1. The lowest BCUT2D eigenvalue weighted by atomic mass is 9.98. The molecule has 0 aliphatic carbocycles. The van der Waals surface area contributed by atoms with Gasteiger partial charge in [0.2, 0.25) is 0 Å². The maximum atomic E-state index is 12.1. The highest BCUT2D eigenvalue weighted by Crippen LogP contribution is 2.23. The number of hydrogen-bond acceptors (Lipinski definition) is 5. The largest absolute Gasteiger partial charge is 0.493 e. The summed E-state index contributed by atoms with van der Waals surface area (Å²) in [6.45, 7) is 7.70. The van der Waals surface area contributed by atoms with Crippen LogP contribution in [-0.2, 0) is 4.74 Å². The van der Waals surface area contributed by atoms with Crippen molar-refractivity contribution in [3.63, 3.8) is 0 Å². The van der Waals surface area contributed by atoms with Gasteiger partial charge in [0.15, 0.2) is 5.95 Å². The van der Waals surface area contributed by atoms with E-state index >= 15 is 0 Å². The minimum atomic E-state index is -0.453. The van der Waals surface area contributed by atoms with Crippen LogP contribution in [0, 0.1) is 5.92 Å². The molecule has 3 N–H and O–H groups in total. The van der Waals surface area contributed by atoms with Gasteiger partial charge in [-0.15, -0.1) is 17.0 Å². The highest BCUT2D eigenvalue weighted by atomic mass is 79.9. The third-order valence-corrected chi connectivity index (χ3v) is 4.22. The molecule has 1 aliphatic rings. The monoisotopic (exact) mass is 426 g/mol. The lowest BCUT2D eigenvalue weighted by molar-refractivity contribution is 0.0165. The zero-order chi connectivity index (χ0) is 18.0. The van der Waals surface area contributed by atoms with Gasteiger partial charge < -0.3 is 25.1 Å². The molecule has 26 heavy (non-hydrogen) atoms. The van der Waals surface area contributed by atoms with Crippen molar-refractivity contribution in [2.75, 3.05) is 25.4 Å². The number of anilines is 1. The van der Waals surface area contributed by atoms with E-state index in [1.807, 2.05) is 39.0 Å². The molecule has 8 heteroatoms. The molecule has 7 nitrogen and oxygen atoms in total. The van der Waals surface area contributed by atoms with Gasteiger partial charge in [0.25, 0.3) is 0 Å². The number of imidazole rings is 1. The first-order valence-corrected chi connectivity index (χ1v) is 8.66. The van der Waals surface area contributed by atoms with Crippen LogP contribution in [0.3, 0.4) is 0 Å². The third kappa shape index (κ3) is 5.27. The van der Waals surface area contributed by atoms with Crippen molar-refractivity contribution >= 4 is 40.1 Å². The van der Waals surface area contributed by atoms with Crippen molar-refractivity contribution in [3.05, 3.63) is 18.2 Å². The second-order valence-electron chi connectivity index (χ2n) is 7.52. The Bertz CT molecular complexity index is 748. The molecule has 0 spiro atoms. The molecule has 1 aromatic carbocycles. The normalized spacial score (nSPS) is 15.6. The molecule has 3 rings (SSSR count). The lowest BCUT2D eigenvalue weighted by Gasteiger charge is -2.33. The molecule has 0 bridgehead atoms. The minimum Gasteiger partial charge on any atom is -0.493 e. The summed E-state index contributed by atoms with van der Waals surface area (Å²) in [5, 5.41) is 0. The molecule has 144 valence electrons. The smallest absolute Gasteiger partial charge is 0.410 e. The minimum absolute atomic E-state index is 0. The number of ether oxygens (including phenoxy) is 2. The molecule has 0 unspecified atom stereocenters. The molecule has 0 radical (unpaired) electrons. The Morgan fingerprint density at radius 1 is 1.35 bits per heavy atom. The van der Waals surface area contributed by atoms with Crippen molar-refractivity contribution in [2.45, 2.75) is 39.2 Å². The summed E-state index contributed by atoms with van der Waals surface area (Å²) in [5.74, 6) is 1.62. The average molecular weight is 427 g/mol. The summed E-state index contributed by atoms with van der Waals surface area (Å²) in [6, 6.07) is 5.72. The lowest BCUT2D eigenvalue weighted by Crippen LogP contribution is -2.42. The van der Waals surface area contributed by atoms with Crippen LogP contribution in [0.2, 0.25) is 0 Å². The Balaban J connectivity index is 0.00000243. The number of nitrogens with zero attached hydrogens (tertiary/aromatic N) is 2. The molecule has 1 aromatic heterocycles. The van der Waals surface area contributed by atoms with E-state index in [9.17, 15) is 4.79 Å². The number of nitrogen functional groups attached to an aromatic ring is 1. The fraction of sp³-hybridized carbons (Fsp3) is 0.556. The third-order valence-electron chi connectivity index (χ3n) is 4.22. The molecule has 1 fully saturated rings. The summed E-state index contributed by atoms with van der Waals surface area (Å²) in [5.41, 5.74) is 6.90. The Kier molecular flexibility index (Phi) is 6.39. The van der Waals surface area contributed by atoms with Gasteiger partial charge in [-0.25, -0.2) is 9.78 Å². The molecular weight excluding hydrogens is 400 g/mol. The van der Waals surface area contributed by atoms with Gasteiger partial charge in [-0.2, -0.15) is 0 Å². The number of nitrogens with one attached hydrogen (secondary N) is 1. The van der Waals surface area contributed by atoms with Crippen LogP contribution >= 0.6 is 17.0 Å². The number of aromatic nitrogens is 2. The van der Waals surface area contributed by atoms with Gasteiger partial charge in [0.05, 0.1) is 17.6 Å². The molecule has 2 heterocycles. The van der Waals surface area contributed by atoms with E-state index in [1.54, 1.807) is 4.90 Å². The number of likely N-dealkylation sites (tertiary alicyclic amines) is 1. The first-order valence-electron chi connectivity index (χ1n) is 8.66. The number of nitrogens with two attached hydrogens (primary N) is 1. The summed E-state index contributed by atoms with van der Waals surface area (Å²) in [6.07, 6.45) is 1.60. The highest BCUT2D eigenvalue weighted by molar-refractivity contribution is 8.93. The van der Waals surface area contributed by atoms with Crippen LogP contribution in [0.5, 0.6) is 5.75 Å². The van der Waals surface area contributed by atoms with Gasteiger partial charge in [-0.05, 0) is 51.7 Å². The highest BCUT2D eigenvalue weighted by Gasteiger charge is 2.27. The molecule has 1 aliphatic heterocycles. The van der Waals surface area contributed by atoms with E-state index in [4.69, 9.17) is 15.2 Å². The summed E-state index contributed by atoms with van der Waals surface area (Å²) >= 11 is 0. The first kappa shape index (κ1) is 20.4. The number of H-pyrrole nitrogens is 1. The van der Waals surface area contributed by atoms with Gasteiger partial charge in [-0.1, -0.05) is 0 Å². The molecular formula is C18H27BrN4O3. The molecule has 1 amide bonds. The van der Waals surface area contributed by atoms with E-state index in [0.29, 0.717) is 31.6 Å². The van der Waals surface area contributed by atoms with Crippen molar-refractivity contribution in [1.82, 2.24) is 14.9 Å². The van der Waals surface area contributed by atoms with Crippen molar-refractivity contribution < 1.29 is 14.3 Å². The number of carbonyl (C=O) groups excluding carboxylic acids is 1. The van der Waals surface area contributed by atoms with Crippen LogP contribution in [0.15, 0.2) is 18.2 Å². The Labute approximate surface area is 164 Å². The van der Waals surface area contributed by atoms with Gasteiger partial charge in [0, 0.05) is 19.2 Å². The topological polar surface area (TPSA) is 93.5 Å². The van der Waals surface area contributed by atoms with E-state index in [0.717, 1.165) is 29.6 Å². The van der Waals surface area contributed by atoms with Crippen molar-refractivity contribution in [1.29, 1.82) is 0 Å². The molecule has 2 aromatic rings. The number of amides is 1. The second kappa shape index (κ2) is 8.16. The van der Waals surface area contributed by atoms with E-state index in [1.165, 1.54) is 0 Å². The van der Waals surface area contributed by atoms with Crippen LogP contribution in [0.25, 0.3) is 11.0 Å². The zero-order valence-corrected chi connectivity index (χ0v) is 17.2. The average Bonchev–Trinajstić information content (AvgIpc) is 2.91. The number of benzene rings is 1. The van der Waals surface area contributed by atoms with Gasteiger partial charge in [0.1, 0.15) is 11.4 Å². The summed E-state index contributed by atoms with van der Waals surface area (Å²) < 4.78 is 11.3. The predicted molar refractivity (Wildman–Crippen MR) is 107 cm³/mol. The number of fused-ring (bicyclic) bond motifs is 1. The SMILES string of the molecule is Br.CC(C)(C)OC(=O)N1CCC(COc2ccc3[nH]c(N)nc3c2)CC1. The van der Waals surface area contributed by atoms with E-state index in [2.05, 4.69) is 9.97 Å². The zero-order valence-electron chi connectivity index (χ0n) is 15.4. The van der Waals surface area contributed by atoms with Crippen molar-refractivity contribution in [2.24, 2.45) is 5.92 Å². The standard InChI is InChI=1S/C18H26N4O3.BrH/c1-18(2,3)25-17(23)22-8-6-12(7-9-22)11-24-13-4-5-14-15(10-13)21-16(19)20-14;/h4-5,10,12H,6-9,11H2,1-3H3,(H3,19,20,21);1H. The second-order valence-corrected chi connectivity index (χ2v) is 7.52. The molecule has 0 atom stereocenters. The number of aromatic amines is 1. The Hall–Kier alpha value is -1.96. The van der Waals surface area contributed by atoms with E-state index in [-0.39, 0.29) is 23.1 Å². The van der Waals surface area contributed by atoms with Gasteiger partial charge >= 0.3 is 6.09 Å². The fourth-order valence-corrected chi connectivity index (χ4v) is 2.92. The number of hydrogen-bond donors (Lipinski definition) is 2. The Morgan fingerprint density at radius 2 is 2.04 bits per heavy atom. The number of rotatable bonds is 3. The molecule has 1 saturated heterocycles. The predicted octanol–water partition coefficient (Wildman–Crippen LogP) is 3.75. The van der Waals surface area contributed by atoms with Crippen LogP contribution < -0.4 is 10.5 Å². The Morgan fingerprint density at radius 3 is 2.69 bits per heavy atom. The maximum absolute atomic E-state index is 12.1. The number of carbonyl (C=O) groups is 1. The summed E-state index contributed by atoms with van der Waals surface area (Å²) in [4.78, 5) is 21.1. The first-order chi connectivity index (χ1) is 11.8. The quantitative estimate of drug-likeness (QED) is 0.778. The summed E-state index contributed by atoms with van der Waals surface area (Å²) in [7, 11) is 0. The van der Waals surface area contributed by atoms with Crippen LogP contribution in [-0.4, -0.2) is 46.3 Å². The van der Waals surface area contributed by atoms with Crippen LogP contribution in [0.1, 0.15) is 33.6 Å². The van der Waals surface area contributed by atoms with Crippen LogP contribution in [0.4, 0.5) is 10.7 Å². The number of piperidine rings is 1. The van der Waals surface area contributed by atoms with E-state index < -0.39 is 5.60 Å². The van der Waals surface area contributed by atoms with Gasteiger partial charge in [-0.3, -0.25) is 0 Å². The van der Waals surface area contributed by atoms with Crippen molar-refractivity contribution in [3.8, 4) is 5.75 Å².